The summed E-state index contributed by atoms with van der Waals surface area (Å²) in [6, 6.07) is 10.5. The van der Waals surface area contributed by atoms with E-state index in [9.17, 15) is 4.79 Å². The van der Waals surface area contributed by atoms with Crippen LogP contribution in [0.2, 0.25) is 0 Å². The van der Waals surface area contributed by atoms with Gasteiger partial charge in [0.1, 0.15) is 5.78 Å². The molecule has 0 saturated carbocycles. The van der Waals surface area contributed by atoms with Crippen LogP contribution in [-0.2, 0) is 11.2 Å². The van der Waals surface area contributed by atoms with Crippen LogP contribution >= 0.6 is 0 Å². The number of benzene rings is 1. The maximum atomic E-state index is 11.4. The van der Waals surface area contributed by atoms with Gasteiger partial charge in [-0.25, -0.2) is 0 Å². The maximum Gasteiger partial charge on any atom is 0.134 e. The highest BCUT2D eigenvalue weighted by Gasteiger charge is 2.24. The number of carbonyl (C=O) groups excluding carboxylic acids is 1. The summed E-state index contributed by atoms with van der Waals surface area (Å²) < 4.78 is 0. The van der Waals surface area contributed by atoms with Crippen LogP contribution in [0.1, 0.15) is 18.9 Å². The number of nitrogens with one attached hydrogen (secondary N) is 1. The van der Waals surface area contributed by atoms with E-state index in [4.69, 9.17) is 0 Å². The Morgan fingerprint density at radius 1 is 1.31 bits per heavy atom. The summed E-state index contributed by atoms with van der Waals surface area (Å²) in [5.41, 5.74) is 1.37. The van der Waals surface area contributed by atoms with Crippen molar-refractivity contribution in [1.82, 2.24) is 5.32 Å². The summed E-state index contributed by atoms with van der Waals surface area (Å²) in [6.07, 6.45) is 2.12. The van der Waals surface area contributed by atoms with Gasteiger partial charge in [-0.1, -0.05) is 30.3 Å². The number of carbonyl (C=O) groups is 1. The molecule has 0 bridgehead atoms. The van der Waals surface area contributed by atoms with Gasteiger partial charge in [-0.15, -0.1) is 0 Å². The molecule has 0 spiro atoms. The van der Waals surface area contributed by atoms with Gasteiger partial charge in [-0.05, 0) is 37.8 Å². The third-order valence-corrected chi connectivity index (χ3v) is 3.38. The molecule has 1 aromatic carbocycles. The Hall–Kier alpha value is -1.15. The van der Waals surface area contributed by atoms with E-state index < -0.39 is 0 Å². The van der Waals surface area contributed by atoms with Crippen molar-refractivity contribution >= 4 is 5.78 Å². The third kappa shape index (κ3) is 2.92. The van der Waals surface area contributed by atoms with Crippen molar-refractivity contribution in [2.45, 2.75) is 19.8 Å². The van der Waals surface area contributed by atoms with Gasteiger partial charge in [-0.3, -0.25) is 4.79 Å². The van der Waals surface area contributed by atoms with Crippen molar-refractivity contribution in [3.8, 4) is 0 Å². The zero-order chi connectivity index (χ0) is 11.4. The quantitative estimate of drug-likeness (QED) is 0.839. The minimum atomic E-state index is 0.225. The van der Waals surface area contributed by atoms with Gasteiger partial charge in [0.05, 0.1) is 0 Å². The highest BCUT2D eigenvalue weighted by Crippen LogP contribution is 2.21. The molecular formula is C14H19NO. The lowest BCUT2D eigenvalue weighted by atomic mass is 9.84. The average Bonchev–Trinajstić information content (AvgIpc) is 2.30. The fourth-order valence-corrected chi connectivity index (χ4v) is 2.44. The highest BCUT2D eigenvalue weighted by molar-refractivity contribution is 5.78. The Bertz CT molecular complexity index is 347. The van der Waals surface area contributed by atoms with E-state index in [1.165, 1.54) is 5.56 Å². The Balaban J connectivity index is 1.93. The molecular weight excluding hydrogens is 198 g/mol. The molecule has 1 heterocycles. The molecule has 0 radical (unpaired) electrons. The van der Waals surface area contributed by atoms with Gasteiger partial charge in [0.25, 0.3) is 0 Å². The number of piperidine rings is 1. The Morgan fingerprint density at radius 2 is 2.06 bits per heavy atom. The van der Waals surface area contributed by atoms with E-state index in [2.05, 4.69) is 29.6 Å². The minimum Gasteiger partial charge on any atom is -0.316 e. The monoisotopic (exact) mass is 217 g/mol. The predicted octanol–water partition coefficient (Wildman–Crippen LogP) is 2.04. The lowest BCUT2D eigenvalue weighted by Gasteiger charge is -2.28. The lowest BCUT2D eigenvalue weighted by molar-refractivity contribution is -0.121. The van der Waals surface area contributed by atoms with Gasteiger partial charge < -0.3 is 5.32 Å². The van der Waals surface area contributed by atoms with Crippen molar-refractivity contribution in [3.63, 3.8) is 0 Å². The standard InChI is InChI=1S/C14H19NO/c1-11(16)14-8-13(9-15-10-14)7-12-5-3-2-4-6-12/h2-6,13-15H,7-10H2,1H3. The van der Waals surface area contributed by atoms with Crippen LogP contribution < -0.4 is 5.32 Å². The Labute approximate surface area is 97.1 Å². The largest absolute Gasteiger partial charge is 0.316 e. The summed E-state index contributed by atoms with van der Waals surface area (Å²) >= 11 is 0. The van der Waals surface area contributed by atoms with Crippen molar-refractivity contribution < 1.29 is 4.79 Å². The summed E-state index contributed by atoms with van der Waals surface area (Å²) in [6.45, 7) is 3.61. The predicted molar refractivity (Wildman–Crippen MR) is 65.3 cm³/mol. The van der Waals surface area contributed by atoms with Gasteiger partial charge in [0.2, 0.25) is 0 Å². The molecule has 16 heavy (non-hydrogen) atoms. The van der Waals surface area contributed by atoms with Crippen LogP contribution in [0.3, 0.4) is 0 Å². The second-order valence-electron chi connectivity index (χ2n) is 4.76. The van der Waals surface area contributed by atoms with Crippen LogP contribution in [0.5, 0.6) is 0 Å². The summed E-state index contributed by atoms with van der Waals surface area (Å²) in [5.74, 6) is 1.15. The van der Waals surface area contributed by atoms with E-state index in [-0.39, 0.29) is 5.92 Å². The SMILES string of the molecule is CC(=O)C1CNCC(Cc2ccccc2)C1. The van der Waals surface area contributed by atoms with Crippen molar-refractivity contribution in [3.05, 3.63) is 35.9 Å². The highest BCUT2D eigenvalue weighted by atomic mass is 16.1. The molecule has 1 aliphatic heterocycles. The molecule has 1 aliphatic rings. The van der Waals surface area contributed by atoms with E-state index in [1.807, 2.05) is 6.07 Å². The third-order valence-electron chi connectivity index (χ3n) is 3.38. The number of ketones is 1. The van der Waals surface area contributed by atoms with Crippen molar-refractivity contribution in [2.75, 3.05) is 13.1 Å². The summed E-state index contributed by atoms with van der Waals surface area (Å²) in [5, 5.41) is 3.37. The summed E-state index contributed by atoms with van der Waals surface area (Å²) in [7, 11) is 0. The second-order valence-corrected chi connectivity index (χ2v) is 4.76. The molecule has 2 nitrogen and oxygen atoms in total. The first kappa shape index (κ1) is 11.3. The van der Waals surface area contributed by atoms with Gasteiger partial charge in [0.15, 0.2) is 0 Å². The molecule has 1 saturated heterocycles. The van der Waals surface area contributed by atoms with Crippen LogP contribution in [0.4, 0.5) is 0 Å². The van der Waals surface area contributed by atoms with Crippen molar-refractivity contribution in [1.29, 1.82) is 0 Å². The number of Topliss-reactive ketones (excluding diaryl/α,β-unsaturated/α-hetero) is 1. The average molecular weight is 217 g/mol. The number of rotatable bonds is 3. The molecule has 1 fully saturated rings. The maximum absolute atomic E-state index is 11.4. The minimum absolute atomic E-state index is 0.225. The molecule has 1 aromatic rings. The fourth-order valence-electron chi connectivity index (χ4n) is 2.44. The van der Waals surface area contributed by atoms with Gasteiger partial charge >= 0.3 is 0 Å². The Kier molecular flexibility index (Phi) is 3.73. The molecule has 1 N–H and O–H groups in total. The van der Waals surface area contributed by atoms with Gasteiger partial charge in [-0.2, -0.15) is 0 Å². The summed E-state index contributed by atoms with van der Waals surface area (Å²) in [4.78, 5) is 11.4. The van der Waals surface area contributed by atoms with E-state index in [0.29, 0.717) is 11.7 Å². The van der Waals surface area contributed by atoms with Gasteiger partial charge in [0, 0.05) is 12.5 Å². The molecule has 2 unspecified atom stereocenters. The normalized spacial score (nSPS) is 25.3. The van der Waals surface area contributed by atoms with E-state index in [1.54, 1.807) is 6.92 Å². The zero-order valence-electron chi connectivity index (χ0n) is 9.78. The molecule has 0 aromatic heterocycles. The molecule has 0 amide bonds. The van der Waals surface area contributed by atoms with Crippen LogP contribution in [0, 0.1) is 11.8 Å². The molecule has 2 atom stereocenters. The first-order valence-corrected chi connectivity index (χ1v) is 6.01. The van der Waals surface area contributed by atoms with Crippen LogP contribution in [0.15, 0.2) is 30.3 Å². The zero-order valence-corrected chi connectivity index (χ0v) is 9.78. The van der Waals surface area contributed by atoms with Crippen LogP contribution in [0.25, 0.3) is 0 Å². The fraction of sp³-hybridized carbons (Fsp3) is 0.500. The Morgan fingerprint density at radius 3 is 2.75 bits per heavy atom. The van der Waals surface area contributed by atoms with Crippen LogP contribution in [-0.4, -0.2) is 18.9 Å². The molecule has 2 heteroatoms. The topological polar surface area (TPSA) is 29.1 Å². The first-order chi connectivity index (χ1) is 7.75. The smallest absolute Gasteiger partial charge is 0.134 e. The van der Waals surface area contributed by atoms with E-state index >= 15 is 0 Å². The second kappa shape index (κ2) is 5.26. The molecule has 0 aliphatic carbocycles. The van der Waals surface area contributed by atoms with E-state index in [0.717, 1.165) is 25.9 Å². The first-order valence-electron chi connectivity index (χ1n) is 6.01. The molecule has 86 valence electrons. The van der Waals surface area contributed by atoms with Crippen molar-refractivity contribution in [2.24, 2.45) is 11.8 Å². The lowest BCUT2D eigenvalue weighted by Crippen LogP contribution is -2.39. The number of hydrogen-bond donors (Lipinski definition) is 1. The molecule has 2 rings (SSSR count). The number of hydrogen-bond acceptors (Lipinski definition) is 2.